The Labute approximate surface area is 129 Å². The summed E-state index contributed by atoms with van der Waals surface area (Å²) in [5.41, 5.74) is 4.51. The van der Waals surface area contributed by atoms with Gasteiger partial charge in [-0.05, 0) is 0 Å². The summed E-state index contributed by atoms with van der Waals surface area (Å²) in [4.78, 5) is 17.9. The number of nitrogens with zero attached hydrogens (tertiary/aromatic N) is 2. The molecule has 0 saturated heterocycles. The second kappa shape index (κ2) is 7.82. The van der Waals surface area contributed by atoms with Crippen LogP contribution in [-0.4, -0.2) is 21.0 Å². The maximum atomic E-state index is 11.0. The SMILES string of the molecule is O=P#CCC[n+]1cc(CCCP(=O)(O)O)c2ccccc2n1. The fraction of sp³-hybridized carbons (Fsp3) is 0.357. The third kappa shape index (κ3) is 5.17. The van der Waals surface area contributed by atoms with Gasteiger partial charge in [-0.2, -0.15) is 0 Å². The summed E-state index contributed by atoms with van der Waals surface area (Å²) in [6.07, 6.45) is 3.26. The van der Waals surface area contributed by atoms with Gasteiger partial charge in [0, 0.05) is 0 Å². The van der Waals surface area contributed by atoms with E-state index in [1.807, 2.05) is 30.5 Å². The molecule has 1 aromatic heterocycles. The van der Waals surface area contributed by atoms with Crippen LogP contribution in [0.25, 0.3) is 10.9 Å². The van der Waals surface area contributed by atoms with Crippen molar-refractivity contribution in [1.82, 2.24) is 5.10 Å². The third-order valence-electron chi connectivity index (χ3n) is 3.20. The van der Waals surface area contributed by atoms with Crippen LogP contribution in [0, 0.1) is 5.63 Å². The van der Waals surface area contributed by atoms with Crippen molar-refractivity contribution in [1.29, 1.82) is 0 Å². The summed E-state index contributed by atoms with van der Waals surface area (Å²) in [6, 6.07) is 7.66. The summed E-state index contributed by atoms with van der Waals surface area (Å²) < 4.78 is 23.1. The summed E-state index contributed by atoms with van der Waals surface area (Å²) in [6.45, 7) is 0.561. The van der Waals surface area contributed by atoms with E-state index >= 15 is 0 Å². The minimum absolute atomic E-state index is 0.114. The van der Waals surface area contributed by atoms with Crippen molar-refractivity contribution in [3.8, 4) is 5.63 Å². The Balaban J connectivity index is 2.26. The molecule has 8 heteroatoms. The molecule has 2 aromatic rings. The predicted molar refractivity (Wildman–Crippen MR) is 83.3 cm³/mol. The van der Waals surface area contributed by atoms with E-state index in [4.69, 9.17) is 9.79 Å². The summed E-state index contributed by atoms with van der Waals surface area (Å²) in [5, 5.41) is 5.47. The molecule has 0 fully saturated rings. The summed E-state index contributed by atoms with van der Waals surface area (Å²) in [5.74, 6) is 0. The number of rotatable bonds is 6. The van der Waals surface area contributed by atoms with Crippen molar-refractivity contribution in [2.45, 2.75) is 25.8 Å². The molecule has 0 atom stereocenters. The number of hydrogen-bond donors (Lipinski definition) is 2. The average Bonchev–Trinajstić information content (AvgIpc) is 2.46. The molecule has 0 spiro atoms. The van der Waals surface area contributed by atoms with Crippen molar-refractivity contribution in [3.63, 3.8) is 0 Å². The van der Waals surface area contributed by atoms with Gasteiger partial charge < -0.3 is 0 Å². The molecule has 2 rings (SSSR count). The molecule has 0 unspecified atom stereocenters. The molecule has 0 aliphatic carbocycles. The Morgan fingerprint density at radius 1 is 1.32 bits per heavy atom. The molecule has 0 aliphatic rings. The van der Waals surface area contributed by atoms with Gasteiger partial charge in [0.2, 0.25) is 0 Å². The van der Waals surface area contributed by atoms with Crippen LogP contribution >= 0.6 is 15.5 Å². The van der Waals surface area contributed by atoms with Gasteiger partial charge in [0.15, 0.2) is 0 Å². The van der Waals surface area contributed by atoms with Crippen LogP contribution in [0.1, 0.15) is 18.4 Å². The molecule has 0 saturated carbocycles. The van der Waals surface area contributed by atoms with Crippen LogP contribution in [0.3, 0.4) is 0 Å². The zero-order chi connectivity index (χ0) is 16.0. The molecule has 2 N–H and O–H groups in total. The van der Waals surface area contributed by atoms with E-state index < -0.39 is 7.60 Å². The predicted octanol–water partition coefficient (Wildman–Crippen LogP) is 2.27. The minimum atomic E-state index is -3.96. The van der Waals surface area contributed by atoms with Crippen molar-refractivity contribution in [2.75, 3.05) is 6.16 Å². The van der Waals surface area contributed by atoms with Crippen LogP contribution in [0.5, 0.6) is 0 Å². The summed E-state index contributed by atoms with van der Waals surface area (Å²) >= 11 is 0. The van der Waals surface area contributed by atoms with E-state index in [0.717, 1.165) is 16.5 Å². The van der Waals surface area contributed by atoms with Crippen LogP contribution in [0.15, 0.2) is 30.5 Å². The van der Waals surface area contributed by atoms with Gasteiger partial charge in [0.1, 0.15) is 0 Å². The van der Waals surface area contributed by atoms with Crippen LogP contribution in [-0.2, 0) is 22.1 Å². The Morgan fingerprint density at radius 3 is 2.82 bits per heavy atom. The summed E-state index contributed by atoms with van der Waals surface area (Å²) in [7, 11) is -4.08. The number of aromatic nitrogens is 2. The number of aryl methyl sites for hydroxylation is 2. The van der Waals surface area contributed by atoms with E-state index in [2.05, 4.69) is 10.7 Å². The quantitative estimate of drug-likeness (QED) is 0.622. The molecule has 116 valence electrons. The first-order valence-electron chi connectivity index (χ1n) is 6.88. The Kier molecular flexibility index (Phi) is 6.07. The fourth-order valence-corrected chi connectivity index (χ4v) is 3.01. The molecule has 22 heavy (non-hydrogen) atoms. The number of benzene rings is 1. The zero-order valence-electron chi connectivity index (χ0n) is 11.9. The second-order valence-corrected chi connectivity index (χ2v) is 7.20. The van der Waals surface area contributed by atoms with E-state index in [9.17, 15) is 9.13 Å². The van der Waals surface area contributed by atoms with Gasteiger partial charge in [0.05, 0.1) is 0 Å². The monoisotopic (exact) mass is 339 g/mol. The molecule has 1 heterocycles. The molecule has 0 amide bonds. The van der Waals surface area contributed by atoms with Gasteiger partial charge in [-0.25, -0.2) is 0 Å². The van der Waals surface area contributed by atoms with E-state index in [1.54, 1.807) is 4.68 Å². The van der Waals surface area contributed by atoms with Gasteiger partial charge in [0.25, 0.3) is 0 Å². The van der Waals surface area contributed by atoms with Crippen molar-refractivity contribution < 1.29 is 23.6 Å². The van der Waals surface area contributed by atoms with Gasteiger partial charge in [-0.1, -0.05) is 0 Å². The average molecular weight is 339 g/mol. The Bertz CT molecular complexity index is 814. The standard InChI is InChI=1S/C14H16N2O4P2/c17-21-9-4-8-16-11-12(5-3-10-22(18,19)20)13-6-1-2-7-14(13)15-16/h1-2,6-7,11H,3-5,8,10H2,(H-,18,19,20)/p+1. The van der Waals surface area contributed by atoms with E-state index in [-0.39, 0.29) is 14.1 Å². The van der Waals surface area contributed by atoms with Gasteiger partial charge >= 0.3 is 129 Å². The fourth-order valence-electron chi connectivity index (χ4n) is 2.25. The van der Waals surface area contributed by atoms with Crippen LogP contribution in [0.4, 0.5) is 0 Å². The number of fused-ring (bicyclic) bond motifs is 1. The molecule has 0 bridgehead atoms. The zero-order valence-corrected chi connectivity index (χ0v) is 13.7. The molecular formula is C14H17N2O4P2+. The third-order valence-corrected chi connectivity index (χ3v) is 4.46. The van der Waals surface area contributed by atoms with E-state index in [0.29, 0.717) is 25.8 Å². The normalized spacial score (nSPS) is 11.4. The molecule has 0 aliphatic heterocycles. The molecule has 0 radical (unpaired) electrons. The Hall–Kier alpha value is -1.28. The molecule has 1 aromatic carbocycles. The Morgan fingerprint density at radius 2 is 2.09 bits per heavy atom. The molecule has 6 nitrogen and oxygen atoms in total. The first-order valence-corrected chi connectivity index (χ1v) is 9.49. The number of hydrogen-bond acceptors (Lipinski definition) is 3. The van der Waals surface area contributed by atoms with Gasteiger partial charge in [-0.3, -0.25) is 0 Å². The molecular weight excluding hydrogens is 322 g/mol. The van der Waals surface area contributed by atoms with Crippen LogP contribution < -0.4 is 4.68 Å². The van der Waals surface area contributed by atoms with Crippen molar-refractivity contribution in [3.05, 3.63) is 36.0 Å². The van der Waals surface area contributed by atoms with Gasteiger partial charge in [-0.15, -0.1) is 0 Å². The first kappa shape index (κ1) is 17.1. The van der Waals surface area contributed by atoms with Crippen molar-refractivity contribution in [2.24, 2.45) is 0 Å². The first-order chi connectivity index (χ1) is 10.5. The van der Waals surface area contributed by atoms with Crippen LogP contribution in [0.2, 0.25) is 0 Å². The maximum absolute atomic E-state index is 11.0. The van der Waals surface area contributed by atoms with E-state index in [1.165, 1.54) is 0 Å². The van der Waals surface area contributed by atoms with Crippen molar-refractivity contribution >= 4 is 26.4 Å². The topological polar surface area (TPSA) is 91.4 Å². The second-order valence-electron chi connectivity index (χ2n) is 4.93.